The molecule has 106 valence electrons. The van der Waals surface area contributed by atoms with E-state index in [-0.39, 0.29) is 5.92 Å². The number of para-hydroxylation sites is 1. The maximum atomic E-state index is 6.03. The highest BCUT2D eigenvalue weighted by Gasteiger charge is 2.11. The zero-order chi connectivity index (χ0) is 14.7. The van der Waals surface area contributed by atoms with Crippen molar-refractivity contribution < 1.29 is 4.74 Å². The van der Waals surface area contributed by atoms with E-state index in [1.165, 1.54) is 0 Å². The summed E-state index contributed by atoms with van der Waals surface area (Å²) in [5, 5.41) is 0.403. The molecule has 0 aliphatic carbocycles. The van der Waals surface area contributed by atoms with Crippen LogP contribution in [0.2, 0.25) is 5.15 Å². The van der Waals surface area contributed by atoms with Crippen LogP contribution in [-0.2, 0) is 0 Å². The average Bonchev–Trinajstić information content (AvgIpc) is 2.38. The van der Waals surface area contributed by atoms with Gasteiger partial charge >= 0.3 is 0 Å². The van der Waals surface area contributed by atoms with Crippen LogP contribution in [0.4, 0.5) is 0 Å². The van der Waals surface area contributed by atoms with Crippen LogP contribution in [0, 0.1) is 0 Å². The Labute approximate surface area is 125 Å². The van der Waals surface area contributed by atoms with E-state index in [0.717, 1.165) is 11.3 Å². The fraction of sp³-hybridized carbons (Fsp3) is 0.375. The van der Waals surface area contributed by atoms with Crippen molar-refractivity contribution in [1.82, 2.24) is 9.97 Å². The number of benzene rings is 1. The van der Waals surface area contributed by atoms with E-state index in [1.54, 1.807) is 6.07 Å². The molecule has 0 unspecified atom stereocenters. The molecule has 2 aromatic rings. The second-order valence-electron chi connectivity index (χ2n) is 5.34. The fourth-order valence-electron chi connectivity index (χ4n) is 1.89. The van der Waals surface area contributed by atoms with E-state index in [9.17, 15) is 0 Å². The lowest BCUT2D eigenvalue weighted by Gasteiger charge is -2.14. The van der Waals surface area contributed by atoms with Crippen molar-refractivity contribution in [1.29, 1.82) is 0 Å². The van der Waals surface area contributed by atoms with Gasteiger partial charge in [-0.2, -0.15) is 4.98 Å². The van der Waals surface area contributed by atoms with E-state index in [4.69, 9.17) is 16.3 Å². The van der Waals surface area contributed by atoms with Crippen LogP contribution in [0.5, 0.6) is 11.6 Å². The van der Waals surface area contributed by atoms with Crippen molar-refractivity contribution in [2.75, 3.05) is 0 Å². The molecule has 1 heterocycles. The molecule has 1 aromatic heterocycles. The van der Waals surface area contributed by atoms with Crippen molar-refractivity contribution in [3.8, 4) is 11.6 Å². The minimum absolute atomic E-state index is 0.205. The lowest BCUT2D eigenvalue weighted by Crippen LogP contribution is -2.01. The Bertz CT molecular complexity index is 597. The predicted molar refractivity (Wildman–Crippen MR) is 81.7 cm³/mol. The zero-order valence-corrected chi connectivity index (χ0v) is 13.0. The number of halogens is 1. The molecule has 4 heteroatoms. The van der Waals surface area contributed by atoms with Crippen LogP contribution in [-0.4, -0.2) is 9.97 Å². The SMILES string of the molecule is CC(C)c1nc(Cl)cc(Oc2ccccc2C(C)C)n1. The molecule has 0 fully saturated rings. The van der Waals surface area contributed by atoms with Gasteiger partial charge in [-0.1, -0.05) is 57.5 Å². The number of ether oxygens (including phenoxy) is 1. The summed E-state index contributed by atoms with van der Waals surface area (Å²) in [6, 6.07) is 9.61. The van der Waals surface area contributed by atoms with Crippen LogP contribution >= 0.6 is 11.6 Å². The monoisotopic (exact) mass is 290 g/mol. The number of aromatic nitrogens is 2. The first kappa shape index (κ1) is 14.8. The summed E-state index contributed by atoms with van der Waals surface area (Å²) < 4.78 is 5.91. The van der Waals surface area contributed by atoms with Crippen LogP contribution in [0.1, 0.15) is 50.9 Å². The maximum absolute atomic E-state index is 6.03. The summed E-state index contributed by atoms with van der Waals surface area (Å²) in [7, 11) is 0. The van der Waals surface area contributed by atoms with Gasteiger partial charge in [-0.15, -0.1) is 0 Å². The number of hydrogen-bond acceptors (Lipinski definition) is 3. The van der Waals surface area contributed by atoms with Gasteiger partial charge in [-0.05, 0) is 17.5 Å². The molecule has 1 aromatic carbocycles. The van der Waals surface area contributed by atoms with Crippen LogP contribution in [0.25, 0.3) is 0 Å². The first-order valence-corrected chi connectivity index (χ1v) is 7.16. The van der Waals surface area contributed by atoms with Gasteiger partial charge in [0.25, 0.3) is 0 Å². The lowest BCUT2D eigenvalue weighted by molar-refractivity contribution is 0.449. The molecule has 0 amide bonds. The number of rotatable bonds is 4. The summed E-state index contributed by atoms with van der Waals surface area (Å²) in [6.07, 6.45) is 0. The second-order valence-corrected chi connectivity index (χ2v) is 5.72. The molecule has 0 N–H and O–H groups in total. The molecule has 0 bridgehead atoms. The average molecular weight is 291 g/mol. The molecule has 0 spiro atoms. The summed E-state index contributed by atoms with van der Waals surface area (Å²) in [6.45, 7) is 8.32. The second kappa shape index (κ2) is 6.23. The van der Waals surface area contributed by atoms with E-state index < -0.39 is 0 Å². The lowest BCUT2D eigenvalue weighted by atomic mass is 10.0. The van der Waals surface area contributed by atoms with Crippen LogP contribution in [0.15, 0.2) is 30.3 Å². The van der Waals surface area contributed by atoms with Crippen molar-refractivity contribution >= 4 is 11.6 Å². The van der Waals surface area contributed by atoms with E-state index in [0.29, 0.717) is 22.8 Å². The minimum atomic E-state index is 0.205. The van der Waals surface area contributed by atoms with Crippen LogP contribution in [0.3, 0.4) is 0 Å². The summed E-state index contributed by atoms with van der Waals surface area (Å²) in [5.41, 5.74) is 1.15. The molecule has 3 nitrogen and oxygen atoms in total. The van der Waals surface area contributed by atoms with Gasteiger partial charge in [-0.3, -0.25) is 0 Å². The van der Waals surface area contributed by atoms with Gasteiger partial charge in [-0.25, -0.2) is 4.98 Å². The first-order chi connectivity index (χ1) is 9.47. The first-order valence-electron chi connectivity index (χ1n) is 6.78. The smallest absolute Gasteiger partial charge is 0.224 e. The van der Waals surface area contributed by atoms with Crippen molar-refractivity contribution in [3.05, 3.63) is 46.9 Å². The maximum Gasteiger partial charge on any atom is 0.224 e. The van der Waals surface area contributed by atoms with Crippen LogP contribution < -0.4 is 4.74 Å². The number of nitrogens with zero attached hydrogens (tertiary/aromatic N) is 2. The zero-order valence-electron chi connectivity index (χ0n) is 12.2. The topological polar surface area (TPSA) is 35.0 Å². The molecule has 2 rings (SSSR count). The van der Waals surface area contributed by atoms with E-state index >= 15 is 0 Å². The quantitative estimate of drug-likeness (QED) is 0.729. The van der Waals surface area contributed by atoms with Gasteiger partial charge < -0.3 is 4.74 Å². The van der Waals surface area contributed by atoms with Crippen molar-refractivity contribution in [2.24, 2.45) is 0 Å². The fourth-order valence-corrected chi connectivity index (χ4v) is 2.07. The third-order valence-corrected chi connectivity index (χ3v) is 3.15. The number of hydrogen-bond donors (Lipinski definition) is 0. The largest absolute Gasteiger partial charge is 0.439 e. The standard InChI is InChI=1S/C16H19ClN2O/c1-10(2)12-7-5-6-8-13(12)20-15-9-14(17)18-16(19-15)11(3)4/h5-11H,1-4H3. The highest BCUT2D eigenvalue weighted by Crippen LogP contribution is 2.30. The van der Waals surface area contributed by atoms with Crippen molar-refractivity contribution in [3.63, 3.8) is 0 Å². The predicted octanol–water partition coefficient (Wildman–Crippen LogP) is 5.17. The van der Waals surface area contributed by atoms with Gasteiger partial charge in [0.2, 0.25) is 5.88 Å². The summed E-state index contributed by atoms with van der Waals surface area (Å²) in [4.78, 5) is 8.62. The molecule has 0 saturated heterocycles. The summed E-state index contributed by atoms with van der Waals surface area (Å²) in [5.74, 6) is 2.58. The third kappa shape index (κ3) is 3.48. The Hall–Kier alpha value is -1.61. The normalized spacial score (nSPS) is 11.2. The van der Waals surface area contributed by atoms with Crippen molar-refractivity contribution in [2.45, 2.75) is 39.5 Å². The molecular formula is C16H19ClN2O. The molecular weight excluding hydrogens is 272 g/mol. The molecule has 0 atom stereocenters. The molecule has 0 aliphatic rings. The molecule has 0 saturated carbocycles. The van der Waals surface area contributed by atoms with Gasteiger partial charge in [0.15, 0.2) is 0 Å². The molecule has 20 heavy (non-hydrogen) atoms. The molecule has 0 aliphatic heterocycles. The Balaban J connectivity index is 2.35. The van der Waals surface area contributed by atoms with Gasteiger partial charge in [0, 0.05) is 12.0 Å². The molecule has 0 radical (unpaired) electrons. The minimum Gasteiger partial charge on any atom is -0.439 e. The highest BCUT2D eigenvalue weighted by atomic mass is 35.5. The Morgan fingerprint density at radius 3 is 2.35 bits per heavy atom. The Kier molecular flexibility index (Phi) is 4.61. The summed E-state index contributed by atoms with van der Waals surface area (Å²) >= 11 is 6.03. The Morgan fingerprint density at radius 1 is 1.00 bits per heavy atom. The van der Waals surface area contributed by atoms with E-state index in [1.807, 2.05) is 32.0 Å². The van der Waals surface area contributed by atoms with E-state index in [2.05, 4.69) is 29.9 Å². The third-order valence-electron chi connectivity index (χ3n) is 2.96. The van der Waals surface area contributed by atoms with Gasteiger partial charge in [0.1, 0.15) is 16.7 Å². The highest BCUT2D eigenvalue weighted by molar-refractivity contribution is 6.29. The Morgan fingerprint density at radius 2 is 1.70 bits per heavy atom. The van der Waals surface area contributed by atoms with Gasteiger partial charge in [0.05, 0.1) is 0 Å².